The Morgan fingerprint density at radius 3 is 2.84 bits per heavy atom. The Bertz CT molecular complexity index is 526. The van der Waals surface area contributed by atoms with Crippen LogP contribution in [0.15, 0.2) is 12.7 Å². The molecule has 2 heterocycles. The number of aliphatic hydroxyl groups excluding tert-OH is 1. The molecule has 19 heavy (non-hydrogen) atoms. The molecule has 2 aromatic heterocycles. The van der Waals surface area contributed by atoms with Gasteiger partial charge in [-0.15, -0.1) is 0 Å². The minimum absolute atomic E-state index is 0.111. The SMILES string of the molecule is CC(O)CCN(C)c1nc(N)nc(-n2cncn2)n1. The lowest BCUT2D eigenvalue weighted by atomic mass is 10.3. The first-order valence-corrected chi connectivity index (χ1v) is 5.82. The van der Waals surface area contributed by atoms with Crippen LogP contribution < -0.4 is 10.6 Å². The molecular formula is C10H16N8O. The highest BCUT2D eigenvalue weighted by molar-refractivity contribution is 5.36. The van der Waals surface area contributed by atoms with Crippen molar-refractivity contribution < 1.29 is 5.11 Å². The van der Waals surface area contributed by atoms with Gasteiger partial charge in [-0.25, -0.2) is 4.98 Å². The average molecular weight is 264 g/mol. The van der Waals surface area contributed by atoms with E-state index in [0.717, 1.165) is 0 Å². The van der Waals surface area contributed by atoms with Gasteiger partial charge in [0.05, 0.1) is 6.10 Å². The van der Waals surface area contributed by atoms with Gasteiger partial charge in [0.1, 0.15) is 12.7 Å². The van der Waals surface area contributed by atoms with Crippen molar-refractivity contribution in [3.05, 3.63) is 12.7 Å². The van der Waals surface area contributed by atoms with E-state index in [-0.39, 0.29) is 12.1 Å². The smallest absolute Gasteiger partial charge is 0.258 e. The van der Waals surface area contributed by atoms with E-state index in [0.29, 0.717) is 24.9 Å². The van der Waals surface area contributed by atoms with Crippen molar-refractivity contribution in [2.75, 3.05) is 24.2 Å². The second-order valence-corrected chi connectivity index (χ2v) is 4.19. The molecule has 0 fully saturated rings. The molecule has 0 aromatic carbocycles. The Hall–Kier alpha value is -2.29. The van der Waals surface area contributed by atoms with E-state index in [9.17, 15) is 5.11 Å². The van der Waals surface area contributed by atoms with Crippen molar-refractivity contribution in [1.29, 1.82) is 0 Å². The van der Waals surface area contributed by atoms with E-state index < -0.39 is 0 Å². The largest absolute Gasteiger partial charge is 0.393 e. The summed E-state index contributed by atoms with van der Waals surface area (Å²) in [5, 5.41) is 13.2. The quantitative estimate of drug-likeness (QED) is 0.723. The van der Waals surface area contributed by atoms with Crippen molar-refractivity contribution in [2.24, 2.45) is 0 Å². The highest BCUT2D eigenvalue weighted by Gasteiger charge is 2.11. The standard InChI is InChI=1S/C10H16N8O/c1-7(19)3-4-17(2)9-14-8(11)15-10(16-9)18-6-12-5-13-18/h5-7,19H,3-4H2,1-2H3,(H2,11,14,15,16). The number of anilines is 2. The Kier molecular flexibility index (Phi) is 3.85. The fourth-order valence-corrected chi connectivity index (χ4v) is 1.43. The van der Waals surface area contributed by atoms with Gasteiger partial charge in [0.15, 0.2) is 0 Å². The van der Waals surface area contributed by atoms with Crippen LogP contribution in [0.5, 0.6) is 0 Å². The average Bonchev–Trinajstić information content (AvgIpc) is 2.89. The summed E-state index contributed by atoms with van der Waals surface area (Å²) >= 11 is 0. The van der Waals surface area contributed by atoms with Crippen molar-refractivity contribution in [3.8, 4) is 5.95 Å². The van der Waals surface area contributed by atoms with Gasteiger partial charge in [0.25, 0.3) is 5.95 Å². The summed E-state index contributed by atoms with van der Waals surface area (Å²) in [6.07, 6.45) is 3.10. The molecule has 9 heteroatoms. The number of nitrogens with zero attached hydrogens (tertiary/aromatic N) is 7. The number of hydrogen-bond donors (Lipinski definition) is 2. The molecule has 0 saturated carbocycles. The molecular weight excluding hydrogens is 248 g/mol. The van der Waals surface area contributed by atoms with Crippen LogP contribution in [0.1, 0.15) is 13.3 Å². The molecule has 1 unspecified atom stereocenters. The third-order valence-corrected chi connectivity index (χ3v) is 2.48. The van der Waals surface area contributed by atoms with Crippen molar-refractivity contribution >= 4 is 11.9 Å². The molecule has 0 radical (unpaired) electrons. The molecule has 0 aliphatic rings. The zero-order valence-corrected chi connectivity index (χ0v) is 10.8. The van der Waals surface area contributed by atoms with Gasteiger partial charge >= 0.3 is 0 Å². The van der Waals surface area contributed by atoms with Gasteiger partial charge in [-0.1, -0.05) is 0 Å². The lowest BCUT2D eigenvalue weighted by Gasteiger charge is -2.18. The molecule has 0 amide bonds. The lowest BCUT2D eigenvalue weighted by Crippen LogP contribution is -2.25. The van der Waals surface area contributed by atoms with Crippen LogP contribution in [0, 0.1) is 0 Å². The van der Waals surface area contributed by atoms with Crippen LogP contribution in [-0.2, 0) is 0 Å². The minimum Gasteiger partial charge on any atom is -0.393 e. The van der Waals surface area contributed by atoms with Crippen molar-refractivity contribution in [1.82, 2.24) is 29.7 Å². The predicted octanol–water partition coefficient (Wildman–Crippen LogP) is -0.758. The Balaban J connectivity index is 2.21. The zero-order chi connectivity index (χ0) is 13.8. The van der Waals surface area contributed by atoms with Crippen LogP contribution in [0.4, 0.5) is 11.9 Å². The number of hydrogen-bond acceptors (Lipinski definition) is 8. The molecule has 0 aliphatic heterocycles. The highest BCUT2D eigenvalue weighted by atomic mass is 16.3. The molecule has 1 atom stereocenters. The second kappa shape index (κ2) is 5.57. The van der Waals surface area contributed by atoms with E-state index in [1.807, 2.05) is 7.05 Å². The zero-order valence-electron chi connectivity index (χ0n) is 10.8. The van der Waals surface area contributed by atoms with E-state index in [2.05, 4.69) is 25.0 Å². The fraction of sp³-hybridized carbons (Fsp3) is 0.500. The van der Waals surface area contributed by atoms with Crippen molar-refractivity contribution in [2.45, 2.75) is 19.4 Å². The summed E-state index contributed by atoms with van der Waals surface area (Å²) in [5.41, 5.74) is 5.66. The lowest BCUT2D eigenvalue weighted by molar-refractivity contribution is 0.186. The molecule has 9 nitrogen and oxygen atoms in total. The first-order chi connectivity index (χ1) is 9.06. The van der Waals surface area contributed by atoms with Crippen LogP contribution in [0.25, 0.3) is 5.95 Å². The third kappa shape index (κ3) is 3.35. The van der Waals surface area contributed by atoms with Crippen LogP contribution in [-0.4, -0.2) is 54.5 Å². The molecule has 0 spiro atoms. The molecule has 2 rings (SSSR count). The monoisotopic (exact) mass is 264 g/mol. The van der Waals surface area contributed by atoms with E-state index >= 15 is 0 Å². The Morgan fingerprint density at radius 1 is 1.42 bits per heavy atom. The highest BCUT2D eigenvalue weighted by Crippen LogP contribution is 2.10. The normalized spacial score (nSPS) is 12.4. The topological polar surface area (TPSA) is 119 Å². The first kappa shape index (κ1) is 13.1. The molecule has 0 aliphatic carbocycles. The predicted molar refractivity (Wildman–Crippen MR) is 68.7 cm³/mol. The number of aliphatic hydroxyl groups is 1. The summed E-state index contributed by atoms with van der Waals surface area (Å²) in [6, 6.07) is 0. The van der Waals surface area contributed by atoms with Gasteiger partial charge in [0, 0.05) is 13.6 Å². The van der Waals surface area contributed by atoms with Gasteiger partial charge < -0.3 is 15.7 Å². The summed E-state index contributed by atoms with van der Waals surface area (Å²) in [4.78, 5) is 17.9. The summed E-state index contributed by atoms with van der Waals surface area (Å²) in [6.45, 7) is 2.34. The molecule has 3 N–H and O–H groups in total. The van der Waals surface area contributed by atoms with Gasteiger partial charge in [-0.2, -0.15) is 24.7 Å². The molecule has 2 aromatic rings. The van der Waals surface area contributed by atoms with Gasteiger partial charge in [-0.3, -0.25) is 0 Å². The Morgan fingerprint density at radius 2 is 2.21 bits per heavy atom. The molecule has 0 bridgehead atoms. The summed E-state index contributed by atoms with van der Waals surface area (Å²) < 4.78 is 1.41. The summed E-state index contributed by atoms with van der Waals surface area (Å²) in [5.74, 6) is 0.849. The second-order valence-electron chi connectivity index (χ2n) is 4.19. The minimum atomic E-state index is -0.378. The van der Waals surface area contributed by atoms with E-state index in [4.69, 9.17) is 5.73 Å². The maximum absolute atomic E-state index is 9.28. The van der Waals surface area contributed by atoms with Crippen molar-refractivity contribution in [3.63, 3.8) is 0 Å². The van der Waals surface area contributed by atoms with Gasteiger partial charge in [-0.05, 0) is 13.3 Å². The third-order valence-electron chi connectivity index (χ3n) is 2.48. The number of nitrogens with two attached hydrogens (primary N) is 1. The van der Waals surface area contributed by atoms with Crippen LogP contribution >= 0.6 is 0 Å². The number of rotatable bonds is 5. The number of nitrogen functional groups attached to an aromatic ring is 1. The van der Waals surface area contributed by atoms with E-state index in [1.165, 1.54) is 17.3 Å². The summed E-state index contributed by atoms with van der Waals surface area (Å²) in [7, 11) is 1.82. The van der Waals surface area contributed by atoms with Crippen LogP contribution in [0.3, 0.4) is 0 Å². The fourth-order valence-electron chi connectivity index (χ4n) is 1.43. The van der Waals surface area contributed by atoms with Gasteiger partial charge in [0.2, 0.25) is 11.9 Å². The molecule has 0 saturated heterocycles. The van der Waals surface area contributed by atoms with E-state index in [1.54, 1.807) is 11.8 Å². The first-order valence-electron chi connectivity index (χ1n) is 5.82. The maximum atomic E-state index is 9.28. The molecule has 102 valence electrons. The maximum Gasteiger partial charge on any atom is 0.258 e. The Labute approximate surface area is 110 Å². The number of aromatic nitrogens is 6. The van der Waals surface area contributed by atoms with Crippen LogP contribution in [0.2, 0.25) is 0 Å².